The van der Waals surface area contributed by atoms with Crippen molar-refractivity contribution in [3.63, 3.8) is 0 Å². The highest BCUT2D eigenvalue weighted by Crippen LogP contribution is 2.27. The molecule has 1 aliphatic rings. The fraction of sp³-hybridized carbons (Fsp3) is 0.235. The molecule has 0 bridgehead atoms. The minimum absolute atomic E-state index is 0.0573. The van der Waals surface area contributed by atoms with Crippen molar-refractivity contribution in [1.82, 2.24) is 0 Å². The van der Waals surface area contributed by atoms with Crippen LogP contribution in [-0.2, 0) is 12.8 Å². The lowest BCUT2D eigenvalue weighted by Crippen LogP contribution is -2.03. The number of fused-ring (bicyclic) bond motifs is 1. The monoisotopic (exact) mass is 348 g/mol. The van der Waals surface area contributed by atoms with Crippen molar-refractivity contribution < 1.29 is 13.9 Å². The Balaban J connectivity index is 1.70. The van der Waals surface area contributed by atoms with Crippen molar-refractivity contribution in [3.05, 3.63) is 63.4 Å². The lowest BCUT2D eigenvalue weighted by Gasteiger charge is -2.06. The molecule has 1 aliphatic heterocycles. The molecule has 0 unspecified atom stereocenters. The summed E-state index contributed by atoms with van der Waals surface area (Å²) in [6, 6.07) is 10.6. The van der Waals surface area contributed by atoms with E-state index >= 15 is 0 Å². The van der Waals surface area contributed by atoms with Crippen molar-refractivity contribution in [3.8, 4) is 5.75 Å². The van der Waals surface area contributed by atoms with E-state index in [1.165, 1.54) is 11.6 Å². The van der Waals surface area contributed by atoms with Crippen LogP contribution in [0.15, 0.2) is 40.9 Å². The van der Waals surface area contributed by atoms with E-state index in [9.17, 15) is 9.18 Å². The van der Waals surface area contributed by atoms with Gasteiger partial charge in [0.25, 0.3) is 0 Å². The predicted molar refractivity (Wildman–Crippen MR) is 82.4 cm³/mol. The summed E-state index contributed by atoms with van der Waals surface area (Å²) < 4.78 is 19.1. The molecule has 0 amide bonds. The molecule has 21 heavy (non-hydrogen) atoms. The standard InChI is InChI=1S/C17H14BrFO2/c18-17-13(2-1-3-14(17)19)15(20)6-4-11-5-7-16-12(10-11)8-9-21-16/h1-3,5,7,10H,4,6,8-9H2. The van der Waals surface area contributed by atoms with Gasteiger partial charge in [0.05, 0.1) is 11.1 Å². The van der Waals surface area contributed by atoms with Gasteiger partial charge in [-0.1, -0.05) is 24.3 Å². The molecule has 0 N–H and O–H groups in total. The summed E-state index contributed by atoms with van der Waals surface area (Å²) >= 11 is 3.14. The maximum Gasteiger partial charge on any atom is 0.164 e. The zero-order valence-electron chi connectivity index (χ0n) is 11.4. The molecule has 0 radical (unpaired) electrons. The number of hydrogen-bond donors (Lipinski definition) is 0. The van der Waals surface area contributed by atoms with Crippen LogP contribution in [0.3, 0.4) is 0 Å². The molecular formula is C17H14BrFO2. The average Bonchev–Trinajstić information content (AvgIpc) is 2.95. The van der Waals surface area contributed by atoms with Crippen LogP contribution >= 0.6 is 15.9 Å². The molecule has 108 valence electrons. The number of Topliss-reactive ketones (excluding diaryl/α,β-unsaturated/α-hetero) is 1. The molecule has 2 nitrogen and oxygen atoms in total. The first-order chi connectivity index (χ1) is 10.1. The summed E-state index contributed by atoms with van der Waals surface area (Å²) in [4.78, 5) is 12.2. The van der Waals surface area contributed by atoms with Gasteiger partial charge in [-0.25, -0.2) is 4.39 Å². The first kappa shape index (κ1) is 14.3. The van der Waals surface area contributed by atoms with E-state index in [1.54, 1.807) is 12.1 Å². The van der Waals surface area contributed by atoms with Crippen LogP contribution in [-0.4, -0.2) is 12.4 Å². The lowest BCUT2D eigenvalue weighted by molar-refractivity contribution is 0.0981. The minimum atomic E-state index is -0.407. The van der Waals surface area contributed by atoms with Crippen LogP contribution in [0.2, 0.25) is 0 Å². The Morgan fingerprint density at radius 2 is 2.14 bits per heavy atom. The van der Waals surface area contributed by atoms with Crippen LogP contribution in [0.4, 0.5) is 4.39 Å². The van der Waals surface area contributed by atoms with Gasteiger partial charge in [-0.2, -0.15) is 0 Å². The van der Waals surface area contributed by atoms with Gasteiger partial charge in [0.2, 0.25) is 0 Å². The van der Waals surface area contributed by atoms with Crippen molar-refractivity contribution in [2.45, 2.75) is 19.3 Å². The highest BCUT2D eigenvalue weighted by atomic mass is 79.9. The molecule has 2 aromatic carbocycles. The third-order valence-corrected chi connectivity index (χ3v) is 4.45. The van der Waals surface area contributed by atoms with Gasteiger partial charge in [0.1, 0.15) is 11.6 Å². The van der Waals surface area contributed by atoms with Crippen LogP contribution in [0, 0.1) is 5.82 Å². The second-order valence-electron chi connectivity index (χ2n) is 5.07. The van der Waals surface area contributed by atoms with Crippen LogP contribution in [0.5, 0.6) is 5.75 Å². The molecule has 4 heteroatoms. The van der Waals surface area contributed by atoms with Gasteiger partial charge in [-0.15, -0.1) is 0 Å². The number of carbonyl (C=O) groups excluding carboxylic acids is 1. The van der Waals surface area contributed by atoms with Crippen LogP contribution in [0.1, 0.15) is 27.9 Å². The molecule has 1 heterocycles. The summed E-state index contributed by atoms with van der Waals surface area (Å²) in [5.74, 6) is 0.478. The maximum absolute atomic E-state index is 13.4. The summed E-state index contributed by atoms with van der Waals surface area (Å²) in [5, 5.41) is 0. The second kappa shape index (κ2) is 5.98. The fourth-order valence-electron chi connectivity index (χ4n) is 2.51. The Morgan fingerprint density at radius 1 is 1.29 bits per heavy atom. The molecule has 0 fully saturated rings. The van der Waals surface area contributed by atoms with E-state index in [2.05, 4.69) is 22.0 Å². The first-order valence-electron chi connectivity index (χ1n) is 6.87. The summed E-state index contributed by atoms with van der Waals surface area (Å²) in [6.45, 7) is 0.730. The number of aryl methyl sites for hydroxylation is 1. The number of ketones is 1. The van der Waals surface area contributed by atoms with E-state index in [0.29, 0.717) is 18.4 Å². The Labute approximate surface area is 131 Å². The van der Waals surface area contributed by atoms with E-state index in [4.69, 9.17) is 4.74 Å². The lowest BCUT2D eigenvalue weighted by atomic mass is 10.0. The van der Waals surface area contributed by atoms with E-state index in [-0.39, 0.29) is 10.3 Å². The zero-order chi connectivity index (χ0) is 14.8. The van der Waals surface area contributed by atoms with Gasteiger partial charge < -0.3 is 4.74 Å². The quantitative estimate of drug-likeness (QED) is 0.768. The van der Waals surface area contributed by atoms with E-state index in [1.807, 2.05) is 12.1 Å². The van der Waals surface area contributed by atoms with Gasteiger partial charge in [0, 0.05) is 18.4 Å². The number of benzene rings is 2. The third-order valence-electron chi connectivity index (χ3n) is 3.65. The molecule has 0 atom stereocenters. The third kappa shape index (κ3) is 3.00. The molecule has 0 saturated heterocycles. The van der Waals surface area contributed by atoms with Gasteiger partial charge in [-0.05, 0) is 45.6 Å². The minimum Gasteiger partial charge on any atom is -0.493 e. The molecule has 0 aromatic heterocycles. The zero-order valence-corrected chi connectivity index (χ0v) is 13.0. The molecule has 2 aromatic rings. The number of hydrogen-bond acceptors (Lipinski definition) is 2. The smallest absolute Gasteiger partial charge is 0.164 e. The molecule has 0 aliphatic carbocycles. The van der Waals surface area contributed by atoms with Crippen molar-refractivity contribution in [1.29, 1.82) is 0 Å². The molecular weight excluding hydrogens is 335 g/mol. The number of rotatable bonds is 4. The molecule has 0 saturated carbocycles. The van der Waals surface area contributed by atoms with Gasteiger partial charge in [-0.3, -0.25) is 4.79 Å². The number of halogens is 2. The van der Waals surface area contributed by atoms with E-state index in [0.717, 1.165) is 24.3 Å². The van der Waals surface area contributed by atoms with Crippen molar-refractivity contribution in [2.75, 3.05) is 6.61 Å². The second-order valence-corrected chi connectivity index (χ2v) is 5.86. The highest BCUT2D eigenvalue weighted by Gasteiger charge is 2.15. The Bertz CT molecular complexity index is 697. The predicted octanol–water partition coefficient (Wildman–Crippen LogP) is 4.34. The van der Waals surface area contributed by atoms with Crippen LogP contribution in [0.25, 0.3) is 0 Å². The first-order valence-corrected chi connectivity index (χ1v) is 7.66. The SMILES string of the molecule is O=C(CCc1ccc2c(c1)CCO2)c1cccc(F)c1Br. The topological polar surface area (TPSA) is 26.3 Å². The summed E-state index contributed by atoms with van der Waals surface area (Å²) in [6.07, 6.45) is 1.93. The number of carbonyl (C=O) groups is 1. The van der Waals surface area contributed by atoms with E-state index < -0.39 is 5.82 Å². The summed E-state index contributed by atoms with van der Waals surface area (Å²) in [7, 11) is 0. The fourth-order valence-corrected chi connectivity index (χ4v) is 2.99. The highest BCUT2D eigenvalue weighted by molar-refractivity contribution is 9.10. The van der Waals surface area contributed by atoms with Crippen LogP contribution < -0.4 is 4.74 Å². The normalized spacial score (nSPS) is 12.9. The average molecular weight is 349 g/mol. The van der Waals surface area contributed by atoms with Gasteiger partial charge >= 0.3 is 0 Å². The Kier molecular flexibility index (Phi) is 4.06. The van der Waals surface area contributed by atoms with Crippen molar-refractivity contribution in [2.24, 2.45) is 0 Å². The molecule has 0 spiro atoms. The Hall–Kier alpha value is -1.68. The largest absolute Gasteiger partial charge is 0.493 e. The summed E-state index contributed by atoms with van der Waals surface area (Å²) in [5.41, 5.74) is 2.71. The van der Waals surface area contributed by atoms with Gasteiger partial charge in [0.15, 0.2) is 5.78 Å². The van der Waals surface area contributed by atoms with Crippen molar-refractivity contribution >= 4 is 21.7 Å². The maximum atomic E-state index is 13.4. The molecule has 3 rings (SSSR count). The Morgan fingerprint density at radius 3 is 3.00 bits per heavy atom. The number of ether oxygens (including phenoxy) is 1.